The number of carbonyl (C=O) groups is 1. The molecule has 0 saturated carbocycles. The number of hydrogen-bond donors (Lipinski definition) is 0. The second-order valence-corrected chi connectivity index (χ2v) is 9.30. The molecular formula is C17H26N4O3S2. The standard InChI is InChI=1S/C17H26N4O3S2/c1-25-16-15(7-6-8-18-16)17(22)19-11-13-21(14-12-19)26(23,24)20-9-4-2-3-5-10-20/h6-8H,2-5,9-14H2,1H3. The van der Waals surface area contributed by atoms with Gasteiger partial charge in [-0.15, -0.1) is 11.8 Å². The lowest BCUT2D eigenvalue weighted by Gasteiger charge is -2.36. The second-order valence-electron chi connectivity index (χ2n) is 6.57. The Morgan fingerprint density at radius 1 is 1.00 bits per heavy atom. The molecule has 1 aromatic rings. The average Bonchev–Trinajstić information content (AvgIpc) is 2.97. The minimum atomic E-state index is -3.42. The van der Waals surface area contributed by atoms with Gasteiger partial charge in [0.25, 0.3) is 16.1 Å². The zero-order valence-corrected chi connectivity index (χ0v) is 16.8. The van der Waals surface area contributed by atoms with Crippen molar-refractivity contribution in [3.05, 3.63) is 23.9 Å². The summed E-state index contributed by atoms with van der Waals surface area (Å²) in [4.78, 5) is 18.7. The maximum atomic E-state index is 12.9. The van der Waals surface area contributed by atoms with Gasteiger partial charge in [0, 0.05) is 45.5 Å². The highest BCUT2D eigenvalue weighted by Gasteiger charge is 2.34. The fourth-order valence-electron chi connectivity index (χ4n) is 3.44. The maximum Gasteiger partial charge on any atom is 0.282 e. The molecule has 0 aromatic carbocycles. The molecule has 26 heavy (non-hydrogen) atoms. The Balaban J connectivity index is 1.64. The molecule has 7 nitrogen and oxygen atoms in total. The van der Waals surface area contributed by atoms with Gasteiger partial charge in [-0.3, -0.25) is 4.79 Å². The first-order valence-electron chi connectivity index (χ1n) is 9.07. The summed E-state index contributed by atoms with van der Waals surface area (Å²) >= 11 is 1.44. The van der Waals surface area contributed by atoms with E-state index in [2.05, 4.69) is 4.98 Å². The molecule has 2 aliphatic rings. The molecule has 1 aromatic heterocycles. The fourth-order valence-corrected chi connectivity index (χ4v) is 5.66. The van der Waals surface area contributed by atoms with E-state index >= 15 is 0 Å². The van der Waals surface area contributed by atoms with Crippen LogP contribution in [0.2, 0.25) is 0 Å². The first-order chi connectivity index (χ1) is 12.5. The van der Waals surface area contributed by atoms with Crippen molar-refractivity contribution in [1.29, 1.82) is 0 Å². The third kappa shape index (κ3) is 4.21. The molecule has 0 atom stereocenters. The van der Waals surface area contributed by atoms with Crippen molar-refractivity contribution in [2.24, 2.45) is 0 Å². The number of pyridine rings is 1. The third-order valence-electron chi connectivity index (χ3n) is 4.94. The maximum absolute atomic E-state index is 12.9. The Labute approximate surface area is 159 Å². The normalized spacial score (nSPS) is 20.7. The van der Waals surface area contributed by atoms with Gasteiger partial charge in [0.15, 0.2) is 0 Å². The van der Waals surface area contributed by atoms with Gasteiger partial charge in [0.1, 0.15) is 5.03 Å². The smallest absolute Gasteiger partial charge is 0.282 e. The van der Waals surface area contributed by atoms with E-state index in [4.69, 9.17) is 0 Å². The zero-order valence-electron chi connectivity index (χ0n) is 15.1. The van der Waals surface area contributed by atoms with Crippen LogP contribution in [0, 0.1) is 0 Å². The van der Waals surface area contributed by atoms with Crippen molar-refractivity contribution in [2.75, 3.05) is 45.5 Å². The van der Waals surface area contributed by atoms with E-state index < -0.39 is 10.2 Å². The minimum Gasteiger partial charge on any atom is -0.336 e. The summed E-state index contributed by atoms with van der Waals surface area (Å²) in [5, 5.41) is 0.706. The van der Waals surface area contributed by atoms with Gasteiger partial charge in [-0.05, 0) is 31.2 Å². The van der Waals surface area contributed by atoms with Crippen LogP contribution in [0.4, 0.5) is 0 Å². The van der Waals surface area contributed by atoms with Crippen LogP contribution < -0.4 is 0 Å². The summed E-state index contributed by atoms with van der Waals surface area (Å²) in [5.74, 6) is -0.0747. The number of rotatable bonds is 4. The molecule has 0 spiro atoms. The van der Waals surface area contributed by atoms with E-state index in [1.807, 2.05) is 6.26 Å². The summed E-state index contributed by atoms with van der Waals surface area (Å²) < 4.78 is 28.9. The van der Waals surface area contributed by atoms with Crippen molar-refractivity contribution in [3.8, 4) is 0 Å². The third-order valence-corrected chi connectivity index (χ3v) is 7.69. The largest absolute Gasteiger partial charge is 0.336 e. The Bertz CT molecular complexity index is 725. The molecule has 0 unspecified atom stereocenters. The highest BCUT2D eigenvalue weighted by atomic mass is 32.2. The molecule has 0 radical (unpaired) electrons. The number of nitrogens with zero attached hydrogens (tertiary/aromatic N) is 4. The molecule has 0 bridgehead atoms. The van der Waals surface area contributed by atoms with E-state index in [-0.39, 0.29) is 5.91 Å². The average molecular weight is 399 g/mol. The van der Waals surface area contributed by atoms with Gasteiger partial charge >= 0.3 is 0 Å². The van der Waals surface area contributed by atoms with Gasteiger partial charge in [-0.1, -0.05) is 12.8 Å². The van der Waals surface area contributed by atoms with Gasteiger partial charge < -0.3 is 4.90 Å². The SMILES string of the molecule is CSc1ncccc1C(=O)N1CCN(S(=O)(=O)N2CCCCCC2)CC1. The number of aromatic nitrogens is 1. The Morgan fingerprint density at radius 2 is 1.62 bits per heavy atom. The van der Waals surface area contributed by atoms with Crippen molar-refractivity contribution >= 4 is 27.9 Å². The summed E-state index contributed by atoms with van der Waals surface area (Å²) in [7, 11) is -3.42. The van der Waals surface area contributed by atoms with Crippen LogP contribution in [-0.4, -0.2) is 78.3 Å². The quantitative estimate of drug-likeness (QED) is 0.722. The highest BCUT2D eigenvalue weighted by Crippen LogP contribution is 2.21. The van der Waals surface area contributed by atoms with Gasteiger partial charge in [-0.2, -0.15) is 17.0 Å². The van der Waals surface area contributed by atoms with Gasteiger partial charge in [0.2, 0.25) is 0 Å². The van der Waals surface area contributed by atoms with E-state index in [0.29, 0.717) is 49.9 Å². The van der Waals surface area contributed by atoms with Crippen LogP contribution in [0.25, 0.3) is 0 Å². The number of thioether (sulfide) groups is 1. The second kappa shape index (κ2) is 8.69. The monoisotopic (exact) mass is 398 g/mol. The predicted octanol–water partition coefficient (Wildman–Crippen LogP) is 1.68. The van der Waals surface area contributed by atoms with Gasteiger partial charge in [-0.25, -0.2) is 4.98 Å². The van der Waals surface area contributed by atoms with Crippen LogP contribution >= 0.6 is 11.8 Å². The van der Waals surface area contributed by atoms with Crippen LogP contribution in [0.5, 0.6) is 0 Å². The molecule has 9 heteroatoms. The summed E-state index contributed by atoms with van der Waals surface area (Å²) in [5.41, 5.74) is 0.587. The lowest BCUT2D eigenvalue weighted by atomic mass is 10.2. The Hall–Kier alpha value is -1.16. The van der Waals surface area contributed by atoms with Crippen molar-refractivity contribution < 1.29 is 13.2 Å². The molecule has 2 fully saturated rings. The van der Waals surface area contributed by atoms with Crippen LogP contribution in [-0.2, 0) is 10.2 Å². The number of hydrogen-bond acceptors (Lipinski definition) is 5. The van der Waals surface area contributed by atoms with Crippen LogP contribution in [0.3, 0.4) is 0 Å². The molecule has 2 aliphatic heterocycles. The molecule has 144 valence electrons. The van der Waals surface area contributed by atoms with E-state index in [9.17, 15) is 13.2 Å². The van der Waals surface area contributed by atoms with E-state index in [0.717, 1.165) is 25.7 Å². The van der Waals surface area contributed by atoms with Crippen LogP contribution in [0.1, 0.15) is 36.0 Å². The fraction of sp³-hybridized carbons (Fsp3) is 0.647. The van der Waals surface area contributed by atoms with E-state index in [1.54, 1.807) is 27.5 Å². The van der Waals surface area contributed by atoms with Gasteiger partial charge in [0.05, 0.1) is 5.56 Å². The minimum absolute atomic E-state index is 0.0747. The number of piperazine rings is 1. The lowest BCUT2D eigenvalue weighted by molar-refractivity contribution is 0.0689. The number of amides is 1. The highest BCUT2D eigenvalue weighted by molar-refractivity contribution is 7.98. The van der Waals surface area contributed by atoms with Crippen molar-refractivity contribution in [3.63, 3.8) is 0 Å². The van der Waals surface area contributed by atoms with Crippen molar-refractivity contribution in [1.82, 2.24) is 18.5 Å². The summed E-state index contributed by atoms with van der Waals surface area (Å²) in [6.45, 7) is 2.73. The predicted molar refractivity (Wildman–Crippen MR) is 102 cm³/mol. The van der Waals surface area contributed by atoms with Crippen molar-refractivity contribution in [2.45, 2.75) is 30.7 Å². The topological polar surface area (TPSA) is 73.8 Å². The van der Waals surface area contributed by atoms with E-state index in [1.165, 1.54) is 16.1 Å². The zero-order chi connectivity index (χ0) is 18.6. The lowest BCUT2D eigenvalue weighted by Crippen LogP contribution is -2.54. The molecule has 3 rings (SSSR count). The summed E-state index contributed by atoms with van der Waals surface area (Å²) in [6.07, 6.45) is 7.61. The first kappa shape index (κ1) is 19.6. The first-order valence-corrected chi connectivity index (χ1v) is 11.7. The molecule has 3 heterocycles. The Kier molecular flexibility index (Phi) is 6.55. The molecule has 0 N–H and O–H groups in total. The molecular weight excluding hydrogens is 372 g/mol. The molecule has 0 aliphatic carbocycles. The summed E-state index contributed by atoms with van der Waals surface area (Å²) in [6, 6.07) is 3.54. The Morgan fingerprint density at radius 3 is 2.23 bits per heavy atom. The molecule has 1 amide bonds. The molecule has 2 saturated heterocycles. The number of carbonyl (C=O) groups excluding carboxylic acids is 1. The van der Waals surface area contributed by atoms with Crippen LogP contribution in [0.15, 0.2) is 23.4 Å².